The summed E-state index contributed by atoms with van der Waals surface area (Å²) in [4.78, 5) is 2.34. The Morgan fingerprint density at radius 3 is 2.90 bits per heavy atom. The van der Waals surface area contributed by atoms with Crippen LogP contribution in [-0.2, 0) is 0 Å². The number of aliphatic hydroxyl groups is 1. The number of nitrogens with zero attached hydrogens (tertiary/aromatic N) is 1. The van der Waals surface area contributed by atoms with E-state index >= 15 is 0 Å². The van der Waals surface area contributed by atoms with Crippen LogP contribution in [0.2, 0.25) is 0 Å². The zero-order valence-electron chi connectivity index (χ0n) is 13.0. The molecule has 112 valence electrons. The van der Waals surface area contributed by atoms with Crippen LogP contribution in [0, 0.1) is 13.8 Å². The van der Waals surface area contributed by atoms with E-state index in [9.17, 15) is 5.11 Å². The van der Waals surface area contributed by atoms with Gasteiger partial charge in [-0.2, -0.15) is 0 Å². The summed E-state index contributed by atoms with van der Waals surface area (Å²) in [6, 6.07) is 6.31. The van der Waals surface area contributed by atoms with E-state index in [0.29, 0.717) is 0 Å². The normalized spacial score (nSPS) is 23.8. The van der Waals surface area contributed by atoms with Crippen LogP contribution in [0.4, 0.5) is 0 Å². The SMILES string of the molecule is Cc1ccc(C)c(OCCCN2CCCC(C)(O)C2)c1. The Morgan fingerprint density at radius 1 is 1.35 bits per heavy atom. The predicted molar refractivity (Wildman–Crippen MR) is 82.3 cm³/mol. The fourth-order valence-electron chi connectivity index (χ4n) is 2.85. The number of piperidine rings is 1. The van der Waals surface area contributed by atoms with Crippen LogP contribution in [0.15, 0.2) is 18.2 Å². The molecule has 1 aliphatic heterocycles. The Labute approximate surface area is 122 Å². The molecule has 0 bridgehead atoms. The van der Waals surface area contributed by atoms with Crippen molar-refractivity contribution in [2.75, 3.05) is 26.2 Å². The van der Waals surface area contributed by atoms with Gasteiger partial charge in [0.05, 0.1) is 12.2 Å². The van der Waals surface area contributed by atoms with E-state index in [1.807, 2.05) is 6.92 Å². The maximum atomic E-state index is 10.1. The van der Waals surface area contributed by atoms with E-state index in [2.05, 4.69) is 36.9 Å². The zero-order valence-corrected chi connectivity index (χ0v) is 13.0. The summed E-state index contributed by atoms with van der Waals surface area (Å²) in [6.45, 7) is 9.73. The number of likely N-dealkylation sites (tertiary alicyclic amines) is 1. The lowest BCUT2D eigenvalue weighted by Gasteiger charge is -2.36. The molecule has 2 rings (SSSR count). The van der Waals surface area contributed by atoms with Crippen molar-refractivity contribution >= 4 is 0 Å². The van der Waals surface area contributed by atoms with Crippen molar-refractivity contribution in [3.05, 3.63) is 29.3 Å². The average Bonchev–Trinajstić information content (AvgIpc) is 2.37. The van der Waals surface area contributed by atoms with Gasteiger partial charge in [0.15, 0.2) is 0 Å². The first-order chi connectivity index (χ1) is 9.46. The fourth-order valence-corrected chi connectivity index (χ4v) is 2.85. The summed E-state index contributed by atoms with van der Waals surface area (Å²) in [5.74, 6) is 0.996. The number of rotatable bonds is 5. The van der Waals surface area contributed by atoms with Crippen molar-refractivity contribution in [3.8, 4) is 5.75 Å². The lowest BCUT2D eigenvalue weighted by molar-refractivity contribution is -0.0165. The minimum atomic E-state index is -0.508. The molecule has 0 saturated carbocycles. The molecular weight excluding hydrogens is 250 g/mol. The van der Waals surface area contributed by atoms with Crippen LogP contribution in [0.3, 0.4) is 0 Å². The van der Waals surface area contributed by atoms with Crippen LogP contribution in [0.25, 0.3) is 0 Å². The molecule has 0 spiro atoms. The highest BCUT2D eigenvalue weighted by Gasteiger charge is 2.27. The standard InChI is InChI=1S/C17H27NO2/c1-14-6-7-15(2)16(12-14)20-11-5-10-18-9-4-8-17(3,19)13-18/h6-7,12,19H,4-5,8-11,13H2,1-3H3. The second-order valence-corrected chi connectivity index (χ2v) is 6.35. The Balaban J connectivity index is 1.72. The molecule has 1 heterocycles. The summed E-state index contributed by atoms with van der Waals surface area (Å²) in [5, 5.41) is 10.1. The molecule has 1 saturated heterocycles. The molecule has 3 nitrogen and oxygen atoms in total. The second-order valence-electron chi connectivity index (χ2n) is 6.35. The average molecular weight is 277 g/mol. The topological polar surface area (TPSA) is 32.7 Å². The molecule has 0 aromatic heterocycles. The van der Waals surface area contributed by atoms with Crippen LogP contribution < -0.4 is 4.74 Å². The predicted octanol–water partition coefficient (Wildman–Crippen LogP) is 2.92. The Hall–Kier alpha value is -1.06. The Bertz CT molecular complexity index is 443. The van der Waals surface area contributed by atoms with Gasteiger partial charge >= 0.3 is 0 Å². The quantitative estimate of drug-likeness (QED) is 0.840. The van der Waals surface area contributed by atoms with Crippen molar-refractivity contribution in [3.63, 3.8) is 0 Å². The van der Waals surface area contributed by atoms with Gasteiger partial charge in [-0.05, 0) is 63.8 Å². The van der Waals surface area contributed by atoms with Gasteiger partial charge in [-0.15, -0.1) is 0 Å². The molecule has 20 heavy (non-hydrogen) atoms. The van der Waals surface area contributed by atoms with Crippen molar-refractivity contribution in [1.29, 1.82) is 0 Å². The molecule has 1 unspecified atom stereocenters. The number of β-amino-alcohol motifs (C(OH)–C–C–N with tert-alkyl or cyclic N) is 1. The molecule has 0 amide bonds. The lowest BCUT2D eigenvalue weighted by atomic mass is 9.95. The highest BCUT2D eigenvalue weighted by atomic mass is 16.5. The zero-order chi connectivity index (χ0) is 14.6. The monoisotopic (exact) mass is 277 g/mol. The maximum absolute atomic E-state index is 10.1. The van der Waals surface area contributed by atoms with Gasteiger partial charge < -0.3 is 14.7 Å². The number of hydrogen-bond acceptors (Lipinski definition) is 3. The summed E-state index contributed by atoms with van der Waals surface area (Å²) >= 11 is 0. The van der Waals surface area contributed by atoms with Crippen LogP contribution in [0.5, 0.6) is 5.75 Å². The molecule has 1 atom stereocenters. The van der Waals surface area contributed by atoms with Crippen LogP contribution in [-0.4, -0.2) is 41.8 Å². The summed E-state index contributed by atoms with van der Waals surface area (Å²) in [6.07, 6.45) is 3.01. The minimum Gasteiger partial charge on any atom is -0.493 e. The van der Waals surface area contributed by atoms with Crippen molar-refractivity contribution in [2.24, 2.45) is 0 Å². The van der Waals surface area contributed by atoms with Crippen molar-refractivity contribution < 1.29 is 9.84 Å². The number of aryl methyl sites for hydroxylation is 2. The van der Waals surface area contributed by atoms with Crippen LogP contribution in [0.1, 0.15) is 37.3 Å². The highest BCUT2D eigenvalue weighted by molar-refractivity contribution is 5.35. The van der Waals surface area contributed by atoms with Gasteiger partial charge in [0.25, 0.3) is 0 Å². The Morgan fingerprint density at radius 2 is 2.15 bits per heavy atom. The third-order valence-electron chi connectivity index (χ3n) is 3.97. The highest BCUT2D eigenvalue weighted by Crippen LogP contribution is 2.21. The van der Waals surface area contributed by atoms with E-state index < -0.39 is 5.60 Å². The van der Waals surface area contributed by atoms with E-state index in [0.717, 1.165) is 51.3 Å². The molecule has 1 aromatic rings. The molecule has 0 radical (unpaired) electrons. The summed E-state index contributed by atoms with van der Waals surface area (Å²) < 4.78 is 5.87. The first-order valence-corrected chi connectivity index (χ1v) is 7.61. The first kappa shape index (κ1) is 15.3. The largest absolute Gasteiger partial charge is 0.493 e. The van der Waals surface area contributed by atoms with Gasteiger partial charge in [0.2, 0.25) is 0 Å². The molecule has 1 fully saturated rings. The summed E-state index contributed by atoms with van der Waals surface area (Å²) in [5.41, 5.74) is 1.92. The van der Waals surface area contributed by atoms with Crippen molar-refractivity contribution in [1.82, 2.24) is 4.90 Å². The third kappa shape index (κ3) is 4.50. The van der Waals surface area contributed by atoms with E-state index in [1.165, 1.54) is 11.1 Å². The molecule has 1 aliphatic rings. The van der Waals surface area contributed by atoms with Gasteiger partial charge in [-0.25, -0.2) is 0 Å². The molecular formula is C17H27NO2. The maximum Gasteiger partial charge on any atom is 0.122 e. The molecule has 1 aromatic carbocycles. The number of benzene rings is 1. The lowest BCUT2D eigenvalue weighted by Crippen LogP contribution is -2.46. The first-order valence-electron chi connectivity index (χ1n) is 7.61. The number of ether oxygens (including phenoxy) is 1. The molecule has 1 N–H and O–H groups in total. The Kier molecular flexibility index (Phi) is 5.06. The fraction of sp³-hybridized carbons (Fsp3) is 0.647. The van der Waals surface area contributed by atoms with Gasteiger partial charge in [-0.3, -0.25) is 0 Å². The van der Waals surface area contributed by atoms with E-state index in [-0.39, 0.29) is 0 Å². The number of hydrogen-bond donors (Lipinski definition) is 1. The smallest absolute Gasteiger partial charge is 0.122 e. The van der Waals surface area contributed by atoms with Gasteiger partial charge in [-0.1, -0.05) is 12.1 Å². The van der Waals surface area contributed by atoms with E-state index in [4.69, 9.17) is 4.74 Å². The van der Waals surface area contributed by atoms with Gasteiger partial charge in [0.1, 0.15) is 5.75 Å². The molecule has 0 aliphatic carbocycles. The summed E-state index contributed by atoms with van der Waals surface area (Å²) in [7, 11) is 0. The second kappa shape index (κ2) is 6.59. The third-order valence-corrected chi connectivity index (χ3v) is 3.97. The minimum absolute atomic E-state index is 0.508. The van der Waals surface area contributed by atoms with Crippen LogP contribution >= 0.6 is 0 Å². The van der Waals surface area contributed by atoms with E-state index in [1.54, 1.807) is 0 Å². The molecule has 3 heteroatoms. The van der Waals surface area contributed by atoms with Gasteiger partial charge in [0, 0.05) is 13.1 Å². The van der Waals surface area contributed by atoms with Crippen molar-refractivity contribution in [2.45, 2.75) is 45.6 Å².